The van der Waals surface area contributed by atoms with Gasteiger partial charge in [0.2, 0.25) is 0 Å². The van der Waals surface area contributed by atoms with E-state index in [1.165, 1.54) is 105 Å². The Bertz CT molecular complexity index is 6930. The molecule has 4 N–H and O–H groups in total. The van der Waals surface area contributed by atoms with Gasteiger partial charge in [-0.25, -0.2) is 57.4 Å². The monoisotopic (exact) mass is 1980 g/mol. The first-order chi connectivity index (χ1) is 69.2. The molecule has 4 atom stereocenters. The lowest BCUT2D eigenvalue weighted by Crippen LogP contribution is -2.40. The van der Waals surface area contributed by atoms with Crippen molar-refractivity contribution in [1.82, 2.24) is 98.5 Å². The molecule has 12 heterocycles. The van der Waals surface area contributed by atoms with Crippen LogP contribution in [0.2, 0.25) is 0 Å². The van der Waals surface area contributed by atoms with Crippen molar-refractivity contribution < 1.29 is 94.8 Å². The van der Waals surface area contributed by atoms with Crippen LogP contribution in [-0.2, 0) is 53.7 Å². The summed E-state index contributed by atoms with van der Waals surface area (Å²) in [6.07, 6.45) is 17.7. The number of fused-ring (bicyclic) bond motifs is 4. The van der Waals surface area contributed by atoms with E-state index < -0.39 is 47.6 Å². The van der Waals surface area contributed by atoms with Crippen LogP contribution in [0.3, 0.4) is 0 Å². The van der Waals surface area contributed by atoms with Crippen molar-refractivity contribution in [2.75, 3.05) is 118 Å². The predicted octanol–water partition coefficient (Wildman–Crippen LogP) is 13.5. The van der Waals surface area contributed by atoms with Crippen LogP contribution in [0.4, 0.5) is 57.8 Å². The van der Waals surface area contributed by atoms with Crippen molar-refractivity contribution in [1.29, 1.82) is 0 Å². The molecular formula is C100H116F4N24O16. The van der Waals surface area contributed by atoms with E-state index in [1.807, 2.05) is 108 Å². The Balaban J connectivity index is 0.000000161. The van der Waals surface area contributed by atoms with Crippen LogP contribution in [-0.4, -0.2) is 271 Å². The number of anilines is 6. The van der Waals surface area contributed by atoms with Gasteiger partial charge >= 0.3 is 0 Å². The number of aryl methyl sites for hydroxylation is 4. The molecule has 4 aromatic carbocycles. The maximum absolute atomic E-state index is 15.6. The molecule has 0 aliphatic rings. The van der Waals surface area contributed by atoms with Crippen molar-refractivity contribution >= 4 is 84.9 Å². The van der Waals surface area contributed by atoms with E-state index in [2.05, 4.69) is 70.2 Å². The molecular weight excluding hydrogens is 1870 g/mol. The molecule has 44 heteroatoms. The number of hydrogen-bond acceptors (Lipinski definition) is 35. The summed E-state index contributed by atoms with van der Waals surface area (Å²) in [5, 5.41) is 59.3. The molecule has 0 saturated carbocycles. The van der Waals surface area contributed by atoms with Crippen LogP contribution in [0.5, 0.6) is 46.0 Å². The quantitative estimate of drug-likeness (QED) is 0.0260. The molecule has 40 nitrogen and oxygen atoms in total. The van der Waals surface area contributed by atoms with Gasteiger partial charge in [-0.05, 0) is 104 Å². The van der Waals surface area contributed by atoms with E-state index >= 15 is 17.6 Å². The zero-order valence-electron chi connectivity index (χ0n) is 83.4. The van der Waals surface area contributed by atoms with Crippen LogP contribution >= 0.6 is 0 Å². The van der Waals surface area contributed by atoms with Gasteiger partial charge in [-0.1, -0.05) is 0 Å². The Kier molecular flexibility index (Phi) is 36.0. The number of benzene rings is 4. The van der Waals surface area contributed by atoms with Crippen LogP contribution in [0.15, 0.2) is 176 Å². The molecule has 12 aromatic heterocycles. The first-order valence-corrected chi connectivity index (χ1v) is 45.6. The molecule has 0 spiro atoms. The average Bonchev–Trinajstić information content (AvgIpc) is 1.64. The highest BCUT2D eigenvalue weighted by Crippen LogP contribution is 2.42. The molecule has 144 heavy (non-hydrogen) atoms. The molecule has 0 aliphatic carbocycles. The molecule has 0 fully saturated rings. The lowest BCUT2D eigenvalue weighted by molar-refractivity contribution is -0.000711. The average molecular weight is 1990 g/mol. The summed E-state index contributed by atoms with van der Waals surface area (Å²) in [4.78, 5) is 59.9. The van der Waals surface area contributed by atoms with E-state index in [1.54, 1.807) is 136 Å². The van der Waals surface area contributed by atoms with Gasteiger partial charge in [-0.3, -0.25) is 38.7 Å². The van der Waals surface area contributed by atoms with E-state index in [0.29, 0.717) is 113 Å². The highest BCUT2D eigenvalue weighted by atomic mass is 19.1. The number of ether oxygens (including phenoxy) is 12. The maximum atomic E-state index is 15.6. The number of hydrogen-bond donors (Lipinski definition) is 4. The van der Waals surface area contributed by atoms with Crippen molar-refractivity contribution in [2.24, 2.45) is 33.2 Å². The Morgan fingerprint density at radius 2 is 0.681 bits per heavy atom. The maximum Gasteiger partial charge on any atom is 0.190 e. The summed E-state index contributed by atoms with van der Waals surface area (Å²) in [6, 6.07) is 25.0. The molecule has 0 radical (unpaired) electrons. The molecule has 0 aliphatic heterocycles. The highest BCUT2D eigenvalue weighted by molar-refractivity contribution is 5.81. The van der Waals surface area contributed by atoms with Gasteiger partial charge < -0.3 is 96.5 Å². The van der Waals surface area contributed by atoms with Gasteiger partial charge in [-0.15, -0.1) is 0 Å². The Labute approximate surface area is 827 Å². The Morgan fingerprint density at radius 3 is 1.04 bits per heavy atom. The fourth-order valence-electron chi connectivity index (χ4n) is 14.6. The summed E-state index contributed by atoms with van der Waals surface area (Å²) in [6.45, 7) is 15.2. The zero-order chi connectivity index (χ0) is 103. The Morgan fingerprint density at radius 1 is 0.354 bits per heavy atom. The largest absolute Gasteiger partial charge is 0.497 e. The number of methoxy groups -OCH3 is 8. The summed E-state index contributed by atoms with van der Waals surface area (Å²) >= 11 is 0. The number of nitrogens with zero attached hydrogens (tertiary/aromatic N) is 24. The lowest BCUT2D eigenvalue weighted by Gasteiger charge is -2.32. The van der Waals surface area contributed by atoms with Gasteiger partial charge in [0.25, 0.3) is 0 Å². The predicted molar refractivity (Wildman–Crippen MR) is 531 cm³/mol. The van der Waals surface area contributed by atoms with Crippen LogP contribution in [0.25, 0.3) is 89.7 Å². The van der Waals surface area contributed by atoms with Crippen LogP contribution in [0.1, 0.15) is 55.4 Å². The highest BCUT2D eigenvalue weighted by Gasteiger charge is 2.31. The lowest BCUT2D eigenvalue weighted by atomic mass is 10.1. The smallest absolute Gasteiger partial charge is 0.190 e. The third-order valence-electron chi connectivity index (χ3n) is 21.8. The topological polar surface area (TPSA) is 432 Å². The number of rotatable bonds is 39. The third kappa shape index (κ3) is 26.5. The van der Waals surface area contributed by atoms with E-state index in [9.17, 15) is 20.4 Å². The number of aliphatic hydroxyl groups is 4. The minimum Gasteiger partial charge on any atom is -0.497 e. The SMILES string of the molecule is COc1cc(N=c2ccc3ncc(-c4cnn(C)c4)nc3n2CC(O)COC(C)C)c(F)c(OC)c1.COc1cc(OC)c(F)c(N(CC(O)COC(C)C)c2ccc3ncc(-c4cnn(C)c4)nc3n2)c1.COc1cc(OC)c(F)c(N(CC(O)COC(C)C)c2ccc3ncc(-c4cnn(C)c4)nc3n2)c1.COc1cc(OC)c(F)c(N(c2ccc3ncc(-c4cnn(C)c4)nc3n2)C(CO)COC(C)C)c1. The summed E-state index contributed by atoms with van der Waals surface area (Å²) < 4.78 is 135. The minimum atomic E-state index is -0.936. The second kappa shape index (κ2) is 48.9. The van der Waals surface area contributed by atoms with Crippen LogP contribution < -0.4 is 58.1 Å². The van der Waals surface area contributed by atoms with Crippen molar-refractivity contribution in [3.8, 4) is 91.0 Å². The second-order valence-corrected chi connectivity index (χ2v) is 33.9. The molecule has 0 bridgehead atoms. The number of aliphatic hydroxyl groups excluding tert-OH is 4. The normalized spacial score (nSPS) is 12.4. The van der Waals surface area contributed by atoms with Gasteiger partial charge in [-0.2, -0.15) is 20.4 Å². The van der Waals surface area contributed by atoms with Crippen molar-refractivity contribution in [3.05, 3.63) is 200 Å². The fourth-order valence-corrected chi connectivity index (χ4v) is 14.6. The number of aromatic nitrogens is 20. The Hall–Kier alpha value is -15.3. The molecule has 16 aromatic rings. The summed E-state index contributed by atoms with van der Waals surface area (Å²) in [7, 11) is 18.7. The fraction of sp³-hybridized carbons (Fsp3) is 0.360. The molecule has 0 saturated heterocycles. The molecule has 4 unspecified atom stereocenters. The van der Waals surface area contributed by atoms with E-state index in [4.69, 9.17) is 66.8 Å². The summed E-state index contributed by atoms with van der Waals surface area (Å²) in [5.41, 5.74) is 10.1. The number of halogens is 4. The van der Waals surface area contributed by atoms with Gasteiger partial charge in [0.15, 0.2) is 68.9 Å². The molecule has 16 rings (SSSR count). The number of pyridine rings is 4. The first-order valence-electron chi connectivity index (χ1n) is 45.6. The molecule has 760 valence electrons. The van der Waals surface area contributed by atoms with Gasteiger partial charge in [0.1, 0.15) is 73.7 Å². The first kappa shape index (κ1) is 106. The van der Waals surface area contributed by atoms with E-state index in [0.717, 1.165) is 22.3 Å². The van der Waals surface area contributed by atoms with Gasteiger partial charge in [0, 0.05) is 124 Å². The standard InChI is InChI=1S/4C25H29FN6O4/c1-15(2)36-14-17(13-33)32(21-8-18(34-4)9-22(35-5)24(21)26)23-7-6-19-25(30-23)29-20(11-27-19)16-10-28-31(3)12-16;2*1-15(2)36-14-17(33)13-32(21-8-18(34-4)9-22(35-5)24(21)26)23-7-6-19-25(30-23)29-20(11-27-19)16-10-28-31(3)12-16;1-15(2)36-14-17(33)13-32-23(29-20-8-18(34-4)9-22(35-5)24(20)26)7-6-19-25(32)30-21(11-27-19)16-10-28-31(3)12-16/h4*6-12,15,17,33H,13-14H2,1-5H3. The van der Waals surface area contributed by atoms with Crippen molar-refractivity contribution in [3.63, 3.8) is 0 Å². The van der Waals surface area contributed by atoms with E-state index in [-0.39, 0.29) is 123 Å². The zero-order valence-corrected chi connectivity index (χ0v) is 83.4. The van der Waals surface area contributed by atoms with Crippen molar-refractivity contribution in [2.45, 2.75) is 111 Å². The minimum absolute atomic E-state index is 0.00159. The summed E-state index contributed by atoms with van der Waals surface area (Å²) in [5.74, 6) is 0.125. The third-order valence-corrected chi connectivity index (χ3v) is 21.8. The van der Waals surface area contributed by atoms with Gasteiger partial charge in [0.05, 0.1) is 248 Å². The molecule has 0 amide bonds. The second-order valence-electron chi connectivity index (χ2n) is 33.9. The van der Waals surface area contributed by atoms with Crippen LogP contribution in [0, 0.1) is 23.3 Å².